The molecule has 9 heteroatoms. The lowest BCUT2D eigenvalue weighted by atomic mass is 9.85. The minimum atomic E-state index is -1.01. The lowest BCUT2D eigenvalue weighted by Gasteiger charge is -2.43. The Morgan fingerprint density at radius 2 is 1.63 bits per heavy atom. The van der Waals surface area contributed by atoms with Crippen molar-refractivity contribution in [3.63, 3.8) is 0 Å². The quantitative estimate of drug-likeness (QED) is 0.468. The third kappa shape index (κ3) is 6.50. The number of carbonyl (C=O) groups is 4. The molecule has 0 radical (unpaired) electrons. The van der Waals surface area contributed by atoms with Gasteiger partial charge >= 0.3 is 23.9 Å². The number of methoxy groups -OCH3 is 1. The van der Waals surface area contributed by atoms with Gasteiger partial charge in [0.15, 0.2) is 12.2 Å². The van der Waals surface area contributed by atoms with Crippen LogP contribution < -0.4 is 0 Å². The zero-order chi connectivity index (χ0) is 20.7. The molecule has 0 amide bonds. The summed E-state index contributed by atoms with van der Waals surface area (Å²) in [6.07, 6.45) is -3.80. The zero-order valence-electron chi connectivity index (χ0n) is 16.6. The van der Waals surface area contributed by atoms with Gasteiger partial charge in [-0.3, -0.25) is 14.4 Å². The van der Waals surface area contributed by atoms with E-state index in [0.29, 0.717) is 6.42 Å². The van der Waals surface area contributed by atoms with Crippen LogP contribution in [0.25, 0.3) is 0 Å². The monoisotopic (exact) mass is 388 g/mol. The molecule has 1 aliphatic rings. The van der Waals surface area contributed by atoms with Gasteiger partial charge in [0.25, 0.3) is 0 Å². The Balaban J connectivity index is 3.23. The lowest BCUT2D eigenvalue weighted by Crippen LogP contribution is -2.56. The molecule has 0 aromatic heterocycles. The Bertz CT molecular complexity index is 559. The predicted octanol–water partition coefficient (Wildman–Crippen LogP) is 1.16. The molecule has 0 aromatic rings. The summed E-state index contributed by atoms with van der Waals surface area (Å²) < 4.78 is 26.6. The Labute approximate surface area is 158 Å². The van der Waals surface area contributed by atoms with Crippen LogP contribution in [0, 0.1) is 5.92 Å². The van der Waals surface area contributed by atoms with Gasteiger partial charge in [-0.1, -0.05) is 13.8 Å². The van der Waals surface area contributed by atoms with Gasteiger partial charge in [0, 0.05) is 33.1 Å². The Morgan fingerprint density at radius 1 is 1.04 bits per heavy atom. The summed E-state index contributed by atoms with van der Waals surface area (Å²) in [5, 5.41) is 0. The molecule has 0 spiro atoms. The van der Waals surface area contributed by atoms with Crippen molar-refractivity contribution in [2.75, 3.05) is 7.11 Å². The first-order valence-electron chi connectivity index (χ1n) is 8.85. The number of carbonyl (C=O) groups excluding carboxylic acids is 4. The Morgan fingerprint density at radius 3 is 2.07 bits per heavy atom. The van der Waals surface area contributed by atoms with Gasteiger partial charge in [0.1, 0.15) is 18.3 Å². The largest absolute Gasteiger partial charge is 0.467 e. The predicted molar refractivity (Wildman–Crippen MR) is 91.4 cm³/mol. The second kappa shape index (κ2) is 10.2. The maximum atomic E-state index is 12.0. The molecule has 1 rings (SSSR count). The summed E-state index contributed by atoms with van der Waals surface area (Å²) >= 11 is 0. The van der Waals surface area contributed by atoms with Gasteiger partial charge in [-0.25, -0.2) is 4.79 Å². The molecule has 154 valence electrons. The van der Waals surface area contributed by atoms with Crippen molar-refractivity contribution < 1.29 is 42.9 Å². The summed E-state index contributed by atoms with van der Waals surface area (Å²) in [5.41, 5.74) is 0. The molecule has 27 heavy (non-hydrogen) atoms. The summed E-state index contributed by atoms with van der Waals surface area (Å²) in [7, 11) is 1.22. The van der Waals surface area contributed by atoms with E-state index in [9.17, 15) is 19.2 Å². The zero-order valence-corrected chi connectivity index (χ0v) is 16.6. The van der Waals surface area contributed by atoms with E-state index >= 15 is 0 Å². The summed E-state index contributed by atoms with van der Waals surface area (Å²) in [5.74, 6) is -2.70. The van der Waals surface area contributed by atoms with Crippen LogP contribution in [0.15, 0.2) is 0 Å². The topological polar surface area (TPSA) is 114 Å². The first-order valence-corrected chi connectivity index (χ1v) is 8.85. The number of ether oxygens (including phenoxy) is 5. The molecule has 6 atom stereocenters. The molecule has 2 unspecified atom stereocenters. The highest BCUT2D eigenvalue weighted by atomic mass is 16.6. The average Bonchev–Trinajstić information content (AvgIpc) is 2.58. The molecule has 0 aliphatic carbocycles. The van der Waals surface area contributed by atoms with Crippen molar-refractivity contribution in [2.45, 2.75) is 78.0 Å². The molecule has 1 fully saturated rings. The van der Waals surface area contributed by atoms with Gasteiger partial charge in [0.2, 0.25) is 0 Å². The molecule has 1 heterocycles. The van der Waals surface area contributed by atoms with Crippen LogP contribution in [-0.4, -0.2) is 61.5 Å². The van der Waals surface area contributed by atoms with E-state index in [0.717, 1.165) is 0 Å². The van der Waals surface area contributed by atoms with Gasteiger partial charge < -0.3 is 23.7 Å². The Hall–Kier alpha value is -2.16. The van der Waals surface area contributed by atoms with Crippen LogP contribution in [0.2, 0.25) is 0 Å². The van der Waals surface area contributed by atoms with Crippen LogP contribution in [0.1, 0.15) is 47.5 Å². The van der Waals surface area contributed by atoms with Crippen LogP contribution in [0.3, 0.4) is 0 Å². The third-order valence-electron chi connectivity index (χ3n) is 4.37. The maximum absolute atomic E-state index is 12.0. The molecule has 1 aliphatic heterocycles. The fourth-order valence-electron chi connectivity index (χ4n) is 3.18. The maximum Gasteiger partial charge on any atom is 0.335 e. The van der Waals surface area contributed by atoms with E-state index in [-0.39, 0.29) is 6.42 Å². The van der Waals surface area contributed by atoms with Crippen LogP contribution in [0.5, 0.6) is 0 Å². The van der Waals surface area contributed by atoms with Gasteiger partial charge in [-0.2, -0.15) is 0 Å². The van der Waals surface area contributed by atoms with Crippen LogP contribution in [-0.2, 0) is 42.9 Å². The Kier molecular flexibility index (Phi) is 8.68. The van der Waals surface area contributed by atoms with E-state index in [1.807, 2.05) is 0 Å². The number of hydrogen-bond acceptors (Lipinski definition) is 9. The minimum Gasteiger partial charge on any atom is -0.467 e. The number of hydrogen-bond donors (Lipinski definition) is 0. The average molecular weight is 388 g/mol. The van der Waals surface area contributed by atoms with Crippen molar-refractivity contribution in [1.82, 2.24) is 0 Å². The smallest absolute Gasteiger partial charge is 0.335 e. The standard InChI is InChI=1S/C18H28O9/c1-7-13(24-10(3)19)17(26-12(5)21)16-9(2)14(25-11(4)20)8-15(27-16)18(22)23-6/h9,13-17H,7-8H2,1-6H3/t9-,13-,14+,15?,16?,17-/m1/s1. The van der Waals surface area contributed by atoms with Crippen molar-refractivity contribution in [3.05, 3.63) is 0 Å². The minimum absolute atomic E-state index is 0.112. The fraction of sp³-hybridized carbons (Fsp3) is 0.778. The summed E-state index contributed by atoms with van der Waals surface area (Å²) in [6, 6.07) is 0. The first-order chi connectivity index (χ1) is 12.6. The summed E-state index contributed by atoms with van der Waals surface area (Å²) in [6.45, 7) is 7.25. The summed E-state index contributed by atoms with van der Waals surface area (Å²) in [4.78, 5) is 46.6. The normalized spacial score (nSPS) is 27.0. The SMILES string of the molecule is CC[C@@H](OC(C)=O)[C@@H](OC(C)=O)C1OC(C(=O)OC)C[C@H](OC(C)=O)[C@H]1C. The van der Waals surface area contributed by atoms with Crippen molar-refractivity contribution in [2.24, 2.45) is 5.92 Å². The van der Waals surface area contributed by atoms with Crippen molar-refractivity contribution in [3.8, 4) is 0 Å². The molecule has 1 saturated heterocycles. The highest BCUT2D eigenvalue weighted by molar-refractivity contribution is 5.75. The molecule has 9 nitrogen and oxygen atoms in total. The van der Waals surface area contributed by atoms with E-state index in [2.05, 4.69) is 0 Å². The van der Waals surface area contributed by atoms with Gasteiger partial charge in [0.05, 0.1) is 7.11 Å². The highest BCUT2D eigenvalue weighted by Crippen LogP contribution is 2.33. The molecular formula is C18H28O9. The highest BCUT2D eigenvalue weighted by Gasteiger charge is 2.48. The molecule has 0 aromatic carbocycles. The van der Waals surface area contributed by atoms with E-state index in [4.69, 9.17) is 23.7 Å². The number of rotatable bonds is 7. The van der Waals surface area contributed by atoms with Crippen LogP contribution in [0.4, 0.5) is 0 Å². The van der Waals surface area contributed by atoms with Crippen molar-refractivity contribution in [1.29, 1.82) is 0 Å². The molecule has 0 saturated carbocycles. The molecular weight excluding hydrogens is 360 g/mol. The molecule has 0 N–H and O–H groups in total. The van der Waals surface area contributed by atoms with Gasteiger partial charge in [-0.15, -0.1) is 0 Å². The van der Waals surface area contributed by atoms with E-state index < -0.39 is 60.3 Å². The van der Waals surface area contributed by atoms with E-state index in [1.165, 1.54) is 27.9 Å². The van der Waals surface area contributed by atoms with Crippen LogP contribution >= 0.6 is 0 Å². The second-order valence-corrected chi connectivity index (χ2v) is 6.49. The lowest BCUT2D eigenvalue weighted by molar-refractivity contribution is -0.220. The van der Waals surface area contributed by atoms with Crippen molar-refractivity contribution >= 4 is 23.9 Å². The number of esters is 4. The molecule has 0 bridgehead atoms. The van der Waals surface area contributed by atoms with E-state index in [1.54, 1.807) is 13.8 Å². The fourth-order valence-corrected chi connectivity index (χ4v) is 3.18. The third-order valence-corrected chi connectivity index (χ3v) is 4.37. The second-order valence-electron chi connectivity index (χ2n) is 6.49. The van der Waals surface area contributed by atoms with Gasteiger partial charge in [-0.05, 0) is 6.42 Å². The first kappa shape index (κ1) is 22.9.